The molecule has 0 atom stereocenters. The van der Waals surface area contributed by atoms with Gasteiger partial charge in [0.15, 0.2) is 0 Å². The van der Waals surface area contributed by atoms with Crippen molar-refractivity contribution in [3.05, 3.63) is 52.8 Å². The minimum Gasteiger partial charge on any atom is -0.368 e. The van der Waals surface area contributed by atoms with E-state index in [0.29, 0.717) is 11.4 Å². The second-order valence-corrected chi connectivity index (χ2v) is 7.33. The second-order valence-electron chi connectivity index (χ2n) is 7.33. The fourth-order valence-corrected chi connectivity index (χ4v) is 3.54. The lowest BCUT2D eigenvalue weighted by Gasteiger charge is -2.30. The Balaban J connectivity index is 1.99. The molecule has 29 heavy (non-hydrogen) atoms. The van der Waals surface area contributed by atoms with Gasteiger partial charge in [0.1, 0.15) is 5.82 Å². The molecule has 8 heteroatoms. The van der Waals surface area contributed by atoms with Gasteiger partial charge in [-0.1, -0.05) is 30.3 Å². The monoisotopic (exact) mass is 391 g/mol. The van der Waals surface area contributed by atoms with Gasteiger partial charge in [0.25, 0.3) is 5.56 Å². The van der Waals surface area contributed by atoms with Crippen LogP contribution < -0.4 is 21.5 Å². The highest BCUT2D eigenvalue weighted by molar-refractivity contribution is 5.87. The topological polar surface area (TPSA) is 102 Å². The van der Waals surface area contributed by atoms with Crippen molar-refractivity contribution in [3.63, 3.8) is 0 Å². The van der Waals surface area contributed by atoms with E-state index in [0.717, 1.165) is 43.1 Å². The van der Waals surface area contributed by atoms with Gasteiger partial charge in [0.2, 0.25) is 5.95 Å². The molecule has 8 nitrogen and oxygen atoms in total. The molecule has 2 aromatic heterocycles. The number of aromatic nitrogens is 4. The van der Waals surface area contributed by atoms with Gasteiger partial charge in [-0.2, -0.15) is 10.1 Å². The van der Waals surface area contributed by atoms with E-state index in [1.165, 1.54) is 4.68 Å². The van der Waals surface area contributed by atoms with E-state index in [4.69, 9.17) is 5.73 Å². The predicted molar refractivity (Wildman–Crippen MR) is 115 cm³/mol. The second kappa shape index (κ2) is 8.00. The van der Waals surface area contributed by atoms with Gasteiger partial charge in [-0.3, -0.25) is 4.79 Å². The third kappa shape index (κ3) is 3.84. The van der Waals surface area contributed by atoms with Crippen molar-refractivity contribution >= 4 is 11.8 Å². The van der Waals surface area contributed by atoms with Crippen LogP contribution in [0.2, 0.25) is 0 Å². The molecule has 0 spiro atoms. The van der Waals surface area contributed by atoms with Gasteiger partial charge in [0.05, 0.1) is 23.0 Å². The molecule has 1 fully saturated rings. The zero-order valence-corrected chi connectivity index (χ0v) is 16.7. The highest BCUT2D eigenvalue weighted by Gasteiger charge is 2.24. The fraction of sp³-hybridized carbons (Fsp3) is 0.333. The van der Waals surface area contributed by atoms with Crippen molar-refractivity contribution < 1.29 is 0 Å². The molecule has 0 saturated carbocycles. The van der Waals surface area contributed by atoms with Crippen LogP contribution in [0.1, 0.15) is 19.9 Å². The van der Waals surface area contributed by atoms with E-state index in [-0.39, 0.29) is 17.5 Å². The number of rotatable bonds is 4. The van der Waals surface area contributed by atoms with Gasteiger partial charge in [-0.15, -0.1) is 0 Å². The molecular weight excluding hydrogens is 366 g/mol. The highest BCUT2D eigenvalue weighted by atomic mass is 16.1. The zero-order chi connectivity index (χ0) is 20.4. The number of hydrogen-bond acceptors (Lipinski definition) is 7. The van der Waals surface area contributed by atoms with E-state index in [1.807, 2.05) is 44.2 Å². The number of nitrogens with zero attached hydrogens (tertiary/aromatic N) is 5. The quantitative estimate of drug-likeness (QED) is 0.701. The molecule has 0 bridgehead atoms. The standard InChI is InChI=1S/C21H25N7O/c1-14(2)28-17(29)9-8-16(26-28)18-19(15-6-4-3-5-7-15)24-21(22)25-20(18)27-12-10-23-11-13-27/h3-9,14,23H,10-13H2,1-2H3,(H2,22,24,25). The Morgan fingerprint density at radius 1 is 1.03 bits per heavy atom. The van der Waals surface area contributed by atoms with Crippen LogP contribution >= 0.6 is 0 Å². The Morgan fingerprint density at radius 3 is 2.45 bits per heavy atom. The molecule has 4 rings (SSSR count). The molecule has 1 saturated heterocycles. The Bertz CT molecular complexity index is 1060. The largest absolute Gasteiger partial charge is 0.368 e. The Labute approximate surface area is 169 Å². The molecule has 0 amide bonds. The molecule has 1 aliphatic rings. The number of nitrogen functional groups attached to an aromatic ring is 1. The zero-order valence-electron chi connectivity index (χ0n) is 16.7. The van der Waals surface area contributed by atoms with Crippen LogP contribution in [0.25, 0.3) is 22.5 Å². The third-order valence-electron chi connectivity index (χ3n) is 4.94. The summed E-state index contributed by atoms with van der Waals surface area (Å²) >= 11 is 0. The minimum atomic E-state index is -0.134. The van der Waals surface area contributed by atoms with E-state index < -0.39 is 0 Å². The smallest absolute Gasteiger partial charge is 0.267 e. The molecule has 3 N–H and O–H groups in total. The summed E-state index contributed by atoms with van der Waals surface area (Å²) in [6.07, 6.45) is 0. The van der Waals surface area contributed by atoms with Crippen molar-refractivity contribution in [2.75, 3.05) is 36.8 Å². The van der Waals surface area contributed by atoms with Crippen LogP contribution in [0.5, 0.6) is 0 Å². The van der Waals surface area contributed by atoms with Crippen LogP contribution in [-0.4, -0.2) is 45.9 Å². The summed E-state index contributed by atoms with van der Waals surface area (Å²) in [4.78, 5) is 23.6. The Kier molecular flexibility index (Phi) is 5.26. The van der Waals surface area contributed by atoms with Gasteiger partial charge in [-0.25, -0.2) is 9.67 Å². The van der Waals surface area contributed by atoms with Gasteiger partial charge in [0, 0.05) is 37.8 Å². The van der Waals surface area contributed by atoms with Crippen LogP contribution in [-0.2, 0) is 0 Å². The number of hydrogen-bond donors (Lipinski definition) is 2. The van der Waals surface area contributed by atoms with Crippen LogP contribution in [0.3, 0.4) is 0 Å². The van der Waals surface area contributed by atoms with Gasteiger partial charge in [-0.05, 0) is 19.9 Å². The number of nitrogens with two attached hydrogens (primary N) is 1. The summed E-state index contributed by atoms with van der Waals surface area (Å²) in [5.74, 6) is 0.970. The molecule has 0 radical (unpaired) electrons. The highest BCUT2D eigenvalue weighted by Crippen LogP contribution is 2.37. The van der Waals surface area contributed by atoms with Crippen LogP contribution in [0, 0.1) is 0 Å². The Hall–Kier alpha value is -3.26. The normalized spacial score (nSPS) is 14.4. The summed E-state index contributed by atoms with van der Waals surface area (Å²) in [5, 5.41) is 8.01. The summed E-state index contributed by atoms with van der Waals surface area (Å²) in [5.41, 5.74) is 9.07. The summed E-state index contributed by atoms with van der Waals surface area (Å²) in [6, 6.07) is 13.1. The predicted octanol–water partition coefficient (Wildman–Crippen LogP) is 1.94. The molecule has 0 aliphatic carbocycles. The van der Waals surface area contributed by atoms with E-state index >= 15 is 0 Å². The first-order valence-electron chi connectivity index (χ1n) is 9.83. The Morgan fingerprint density at radius 2 is 1.76 bits per heavy atom. The first-order valence-corrected chi connectivity index (χ1v) is 9.83. The summed E-state index contributed by atoms with van der Waals surface area (Å²) in [7, 11) is 0. The first kappa shape index (κ1) is 19.1. The van der Waals surface area contributed by atoms with Crippen molar-refractivity contribution in [3.8, 4) is 22.5 Å². The van der Waals surface area contributed by atoms with Crippen molar-refractivity contribution in [2.24, 2.45) is 0 Å². The first-order chi connectivity index (χ1) is 14.0. The summed E-state index contributed by atoms with van der Waals surface area (Å²) < 4.78 is 1.49. The third-order valence-corrected chi connectivity index (χ3v) is 4.94. The van der Waals surface area contributed by atoms with Gasteiger partial charge >= 0.3 is 0 Å². The van der Waals surface area contributed by atoms with Crippen LogP contribution in [0.4, 0.5) is 11.8 Å². The van der Waals surface area contributed by atoms with E-state index in [2.05, 4.69) is 25.3 Å². The van der Waals surface area contributed by atoms with Crippen molar-refractivity contribution in [2.45, 2.75) is 19.9 Å². The lowest BCUT2D eigenvalue weighted by molar-refractivity contribution is 0.505. The minimum absolute atomic E-state index is 0.0556. The SMILES string of the molecule is CC(C)n1nc(-c2c(-c3ccccc3)nc(N)nc2N2CCNCC2)ccc1=O. The summed E-state index contributed by atoms with van der Waals surface area (Å²) in [6.45, 7) is 7.22. The molecule has 1 aliphatic heterocycles. The lowest BCUT2D eigenvalue weighted by atomic mass is 10.0. The molecule has 150 valence electrons. The molecule has 3 aromatic rings. The van der Waals surface area contributed by atoms with Crippen LogP contribution in [0.15, 0.2) is 47.3 Å². The van der Waals surface area contributed by atoms with Crippen molar-refractivity contribution in [1.82, 2.24) is 25.1 Å². The van der Waals surface area contributed by atoms with E-state index in [9.17, 15) is 4.79 Å². The molecule has 3 heterocycles. The van der Waals surface area contributed by atoms with E-state index in [1.54, 1.807) is 12.1 Å². The van der Waals surface area contributed by atoms with Crippen molar-refractivity contribution in [1.29, 1.82) is 0 Å². The average Bonchev–Trinajstić information content (AvgIpc) is 2.75. The fourth-order valence-electron chi connectivity index (χ4n) is 3.54. The van der Waals surface area contributed by atoms with Gasteiger partial charge < -0.3 is 16.0 Å². The molecular formula is C21H25N7O. The lowest BCUT2D eigenvalue weighted by Crippen LogP contribution is -2.44. The number of benzene rings is 1. The average molecular weight is 391 g/mol. The number of anilines is 2. The molecule has 0 unspecified atom stereocenters. The number of nitrogens with one attached hydrogen (secondary N) is 1. The maximum atomic E-state index is 12.3. The number of piperazine rings is 1. The molecule has 1 aromatic carbocycles. The maximum Gasteiger partial charge on any atom is 0.267 e. The maximum absolute atomic E-state index is 12.3.